The molecule has 4 nitrogen and oxygen atoms in total. The zero-order chi connectivity index (χ0) is 13.1. The first-order valence-electron chi connectivity index (χ1n) is 6.41. The zero-order valence-electron chi connectivity index (χ0n) is 11.1. The van der Waals surface area contributed by atoms with Crippen molar-refractivity contribution >= 4 is 5.91 Å². The van der Waals surface area contributed by atoms with Crippen LogP contribution in [0.3, 0.4) is 0 Å². The fourth-order valence-electron chi connectivity index (χ4n) is 2.37. The molecule has 2 unspecified atom stereocenters. The molecule has 0 aromatic heterocycles. The van der Waals surface area contributed by atoms with Crippen molar-refractivity contribution in [2.45, 2.75) is 32.5 Å². The normalized spacial score (nSPS) is 23.5. The maximum atomic E-state index is 12.1. The van der Waals surface area contributed by atoms with Crippen LogP contribution >= 0.6 is 0 Å². The van der Waals surface area contributed by atoms with Crippen LogP contribution in [0.15, 0.2) is 24.3 Å². The molecule has 0 saturated carbocycles. The number of methoxy groups -OCH3 is 1. The fraction of sp³-hybridized carbons (Fsp3) is 0.500. The van der Waals surface area contributed by atoms with Gasteiger partial charge in [0.1, 0.15) is 11.9 Å². The second-order valence-electron chi connectivity index (χ2n) is 4.43. The highest BCUT2D eigenvalue weighted by Gasteiger charge is 2.37. The van der Waals surface area contributed by atoms with E-state index in [0.29, 0.717) is 0 Å². The van der Waals surface area contributed by atoms with E-state index in [1.54, 1.807) is 7.11 Å². The Morgan fingerprint density at radius 1 is 1.28 bits per heavy atom. The van der Waals surface area contributed by atoms with Crippen molar-refractivity contribution in [2.75, 3.05) is 13.7 Å². The van der Waals surface area contributed by atoms with E-state index in [4.69, 9.17) is 4.74 Å². The van der Waals surface area contributed by atoms with Gasteiger partial charge in [-0.15, -0.1) is 0 Å². The average molecular weight is 248 g/mol. The van der Waals surface area contributed by atoms with Crippen molar-refractivity contribution in [1.82, 2.24) is 10.2 Å². The molecule has 1 aliphatic heterocycles. The number of hydrogen-bond donors (Lipinski definition) is 1. The summed E-state index contributed by atoms with van der Waals surface area (Å²) < 4.78 is 5.15. The third kappa shape index (κ3) is 2.20. The minimum absolute atomic E-state index is 0.0154. The molecule has 2 rings (SSSR count). The molecule has 0 radical (unpaired) electrons. The number of carbonyl (C=O) groups is 1. The summed E-state index contributed by atoms with van der Waals surface area (Å²) in [6.07, 6.45) is 0.806. The lowest BCUT2D eigenvalue weighted by molar-refractivity contribution is -0.129. The molecule has 0 spiro atoms. The number of carbonyl (C=O) groups excluding carboxylic acids is 1. The van der Waals surface area contributed by atoms with Crippen LogP contribution in [0.1, 0.15) is 32.0 Å². The monoisotopic (exact) mass is 248 g/mol. The Morgan fingerprint density at radius 3 is 2.44 bits per heavy atom. The second-order valence-corrected chi connectivity index (χ2v) is 4.43. The van der Waals surface area contributed by atoms with Crippen molar-refractivity contribution in [3.8, 4) is 5.75 Å². The maximum absolute atomic E-state index is 12.1. The van der Waals surface area contributed by atoms with Gasteiger partial charge in [0.25, 0.3) is 0 Å². The minimum atomic E-state index is -0.0583. The van der Waals surface area contributed by atoms with Crippen molar-refractivity contribution in [3.63, 3.8) is 0 Å². The SMILES string of the molecule is CCC1NC(c2ccc(OC)cc2)N(CC)C1=O. The van der Waals surface area contributed by atoms with Gasteiger partial charge in [0.15, 0.2) is 0 Å². The Balaban J connectivity index is 2.23. The molecule has 1 N–H and O–H groups in total. The summed E-state index contributed by atoms with van der Waals surface area (Å²) in [5.74, 6) is 1.03. The van der Waals surface area contributed by atoms with Gasteiger partial charge in [0, 0.05) is 6.54 Å². The number of likely N-dealkylation sites (N-methyl/N-ethyl adjacent to an activating group) is 1. The summed E-state index contributed by atoms with van der Waals surface area (Å²) in [7, 11) is 1.65. The first-order chi connectivity index (χ1) is 8.71. The average Bonchev–Trinajstić information content (AvgIpc) is 2.75. The van der Waals surface area contributed by atoms with E-state index < -0.39 is 0 Å². The van der Waals surface area contributed by atoms with Gasteiger partial charge in [-0.1, -0.05) is 19.1 Å². The van der Waals surface area contributed by atoms with Gasteiger partial charge in [-0.3, -0.25) is 10.1 Å². The maximum Gasteiger partial charge on any atom is 0.241 e. The molecule has 4 heteroatoms. The van der Waals surface area contributed by atoms with E-state index in [9.17, 15) is 4.79 Å². The summed E-state index contributed by atoms with van der Waals surface area (Å²) >= 11 is 0. The predicted molar refractivity (Wildman–Crippen MR) is 70.3 cm³/mol. The van der Waals surface area contributed by atoms with Crippen LogP contribution < -0.4 is 10.1 Å². The van der Waals surface area contributed by atoms with Gasteiger partial charge in [0.2, 0.25) is 5.91 Å². The van der Waals surface area contributed by atoms with Gasteiger partial charge in [-0.2, -0.15) is 0 Å². The molecule has 18 heavy (non-hydrogen) atoms. The highest BCUT2D eigenvalue weighted by Crippen LogP contribution is 2.27. The van der Waals surface area contributed by atoms with Crippen molar-refractivity contribution < 1.29 is 9.53 Å². The Kier molecular flexibility index (Phi) is 3.87. The van der Waals surface area contributed by atoms with Crippen LogP contribution in [0, 0.1) is 0 Å². The smallest absolute Gasteiger partial charge is 0.241 e. The number of amides is 1. The molecule has 1 aromatic carbocycles. The van der Waals surface area contributed by atoms with Crippen molar-refractivity contribution in [3.05, 3.63) is 29.8 Å². The molecule has 0 bridgehead atoms. The molecule has 0 aliphatic carbocycles. The van der Waals surface area contributed by atoms with Crippen LogP contribution in [0.5, 0.6) is 5.75 Å². The molecular formula is C14H20N2O2. The van der Waals surface area contributed by atoms with E-state index in [0.717, 1.165) is 24.3 Å². The lowest BCUT2D eigenvalue weighted by atomic mass is 10.1. The summed E-state index contributed by atoms with van der Waals surface area (Å²) in [4.78, 5) is 14.0. The van der Waals surface area contributed by atoms with E-state index in [1.165, 1.54) is 0 Å². The summed E-state index contributed by atoms with van der Waals surface area (Å²) in [6, 6.07) is 7.80. The third-order valence-corrected chi connectivity index (χ3v) is 3.43. The highest BCUT2D eigenvalue weighted by atomic mass is 16.5. The molecule has 1 aromatic rings. The predicted octanol–water partition coefficient (Wildman–Crippen LogP) is 1.92. The minimum Gasteiger partial charge on any atom is -0.497 e. The molecule has 1 fully saturated rings. The van der Waals surface area contributed by atoms with Gasteiger partial charge in [0.05, 0.1) is 13.2 Å². The van der Waals surface area contributed by atoms with E-state index in [2.05, 4.69) is 5.32 Å². The highest BCUT2D eigenvalue weighted by molar-refractivity contribution is 5.84. The number of benzene rings is 1. The van der Waals surface area contributed by atoms with Crippen LogP contribution in [0.2, 0.25) is 0 Å². The largest absolute Gasteiger partial charge is 0.497 e. The molecule has 2 atom stereocenters. The molecular weight excluding hydrogens is 228 g/mol. The second kappa shape index (κ2) is 5.40. The zero-order valence-corrected chi connectivity index (χ0v) is 11.1. The van der Waals surface area contributed by atoms with Gasteiger partial charge in [-0.25, -0.2) is 0 Å². The summed E-state index contributed by atoms with van der Waals surface area (Å²) in [5, 5.41) is 3.38. The van der Waals surface area contributed by atoms with Gasteiger partial charge >= 0.3 is 0 Å². The molecule has 1 amide bonds. The Morgan fingerprint density at radius 2 is 1.94 bits per heavy atom. The number of nitrogens with zero attached hydrogens (tertiary/aromatic N) is 1. The van der Waals surface area contributed by atoms with Crippen molar-refractivity contribution in [1.29, 1.82) is 0 Å². The quantitative estimate of drug-likeness (QED) is 0.885. The lowest BCUT2D eigenvalue weighted by Crippen LogP contribution is -2.30. The number of rotatable bonds is 4. The molecule has 1 heterocycles. The van der Waals surface area contributed by atoms with Crippen LogP contribution in [0.25, 0.3) is 0 Å². The summed E-state index contributed by atoms with van der Waals surface area (Å²) in [6.45, 7) is 4.76. The Labute approximate surface area is 108 Å². The number of nitrogens with one attached hydrogen (secondary N) is 1. The van der Waals surface area contributed by atoms with Gasteiger partial charge in [-0.05, 0) is 31.0 Å². The van der Waals surface area contributed by atoms with Crippen molar-refractivity contribution in [2.24, 2.45) is 0 Å². The van der Waals surface area contributed by atoms with Gasteiger partial charge < -0.3 is 9.64 Å². The lowest BCUT2D eigenvalue weighted by Gasteiger charge is -2.23. The van der Waals surface area contributed by atoms with Crippen LogP contribution in [0.4, 0.5) is 0 Å². The third-order valence-electron chi connectivity index (χ3n) is 3.43. The first-order valence-corrected chi connectivity index (χ1v) is 6.41. The Bertz CT molecular complexity index is 416. The first kappa shape index (κ1) is 12.9. The van der Waals surface area contributed by atoms with E-state index in [-0.39, 0.29) is 18.1 Å². The van der Waals surface area contributed by atoms with E-state index in [1.807, 2.05) is 43.0 Å². The summed E-state index contributed by atoms with van der Waals surface area (Å²) in [5.41, 5.74) is 1.10. The number of ether oxygens (including phenoxy) is 1. The topological polar surface area (TPSA) is 41.6 Å². The van der Waals surface area contributed by atoms with Crippen LogP contribution in [-0.4, -0.2) is 30.5 Å². The standard InChI is InChI=1S/C14H20N2O2/c1-4-12-14(17)16(5-2)13(15-12)10-6-8-11(18-3)9-7-10/h6-9,12-13,15H,4-5H2,1-3H3. The number of hydrogen-bond acceptors (Lipinski definition) is 3. The van der Waals surface area contributed by atoms with E-state index >= 15 is 0 Å². The fourth-order valence-corrected chi connectivity index (χ4v) is 2.37. The van der Waals surface area contributed by atoms with Crippen LogP contribution in [-0.2, 0) is 4.79 Å². The Hall–Kier alpha value is -1.55. The molecule has 1 saturated heterocycles. The molecule has 98 valence electrons. The molecule has 1 aliphatic rings.